The standard InChI is InChI=1S/C18H20O6S/c1-13(2)11-12-23-18(20)14-3-7-16(8-4-14)24-25(21,22)17-9-5-15(19)6-10-17/h3-10,13,19H,11-12H2,1-2H3. The Balaban J connectivity index is 2.02. The monoisotopic (exact) mass is 364 g/mol. The Morgan fingerprint density at radius 1 is 1.04 bits per heavy atom. The largest absolute Gasteiger partial charge is 0.508 e. The van der Waals surface area contributed by atoms with Crippen molar-refractivity contribution in [3.63, 3.8) is 0 Å². The number of hydrogen-bond donors (Lipinski definition) is 1. The first-order valence-electron chi connectivity index (χ1n) is 7.78. The lowest BCUT2D eigenvalue weighted by molar-refractivity contribution is 0.0488. The molecule has 0 aliphatic rings. The molecule has 0 spiro atoms. The fraction of sp³-hybridized carbons (Fsp3) is 0.278. The highest BCUT2D eigenvalue weighted by atomic mass is 32.2. The van der Waals surface area contributed by atoms with Gasteiger partial charge in [-0.15, -0.1) is 0 Å². The number of carbonyl (C=O) groups is 1. The summed E-state index contributed by atoms with van der Waals surface area (Å²) >= 11 is 0. The molecule has 0 aliphatic carbocycles. The van der Waals surface area contributed by atoms with Crippen LogP contribution in [0.2, 0.25) is 0 Å². The zero-order chi connectivity index (χ0) is 18.4. The van der Waals surface area contributed by atoms with Gasteiger partial charge in [-0.2, -0.15) is 8.42 Å². The van der Waals surface area contributed by atoms with Crippen LogP contribution in [0.5, 0.6) is 11.5 Å². The molecule has 0 saturated heterocycles. The summed E-state index contributed by atoms with van der Waals surface area (Å²) in [4.78, 5) is 11.8. The maximum absolute atomic E-state index is 12.1. The molecule has 1 N–H and O–H groups in total. The highest BCUT2D eigenvalue weighted by Crippen LogP contribution is 2.21. The Labute approximate surface area is 147 Å². The molecule has 25 heavy (non-hydrogen) atoms. The molecule has 0 amide bonds. The summed E-state index contributed by atoms with van der Waals surface area (Å²) in [5.74, 6) is 0.00774. The number of aromatic hydroxyl groups is 1. The smallest absolute Gasteiger partial charge is 0.339 e. The topological polar surface area (TPSA) is 89.9 Å². The van der Waals surface area contributed by atoms with Crippen molar-refractivity contribution >= 4 is 16.1 Å². The van der Waals surface area contributed by atoms with Gasteiger partial charge < -0.3 is 14.0 Å². The highest BCUT2D eigenvalue weighted by Gasteiger charge is 2.17. The van der Waals surface area contributed by atoms with Crippen molar-refractivity contribution in [3.8, 4) is 11.5 Å². The normalized spacial score (nSPS) is 11.3. The van der Waals surface area contributed by atoms with Crippen molar-refractivity contribution in [2.45, 2.75) is 25.2 Å². The van der Waals surface area contributed by atoms with E-state index in [0.29, 0.717) is 18.1 Å². The van der Waals surface area contributed by atoms with Gasteiger partial charge in [-0.3, -0.25) is 0 Å². The molecule has 0 aliphatic heterocycles. The second-order valence-corrected chi connectivity index (χ2v) is 7.42. The SMILES string of the molecule is CC(C)CCOC(=O)c1ccc(OS(=O)(=O)c2ccc(O)cc2)cc1. The van der Waals surface area contributed by atoms with Crippen molar-refractivity contribution in [2.75, 3.05) is 6.61 Å². The lowest BCUT2D eigenvalue weighted by Crippen LogP contribution is -2.10. The summed E-state index contributed by atoms with van der Waals surface area (Å²) < 4.78 is 34.4. The van der Waals surface area contributed by atoms with Crippen LogP contribution in [0.4, 0.5) is 0 Å². The summed E-state index contributed by atoms with van der Waals surface area (Å²) in [6.07, 6.45) is 0.776. The van der Waals surface area contributed by atoms with Gasteiger partial charge in [0.1, 0.15) is 16.4 Å². The van der Waals surface area contributed by atoms with Gasteiger partial charge in [0, 0.05) is 0 Å². The minimum atomic E-state index is -4.01. The minimum absolute atomic E-state index is 0.0423. The highest BCUT2D eigenvalue weighted by molar-refractivity contribution is 7.87. The molecule has 0 radical (unpaired) electrons. The van der Waals surface area contributed by atoms with Crippen molar-refractivity contribution < 1.29 is 27.2 Å². The number of ether oxygens (including phenoxy) is 1. The molecule has 0 bridgehead atoms. The van der Waals surface area contributed by atoms with E-state index in [0.717, 1.165) is 6.42 Å². The Morgan fingerprint density at radius 2 is 1.64 bits per heavy atom. The number of rotatable bonds is 7. The first-order chi connectivity index (χ1) is 11.8. The van der Waals surface area contributed by atoms with Gasteiger partial charge in [0.15, 0.2) is 0 Å². The molecule has 0 atom stereocenters. The molecule has 0 heterocycles. The van der Waals surface area contributed by atoms with E-state index in [4.69, 9.17) is 8.92 Å². The fourth-order valence-electron chi connectivity index (χ4n) is 1.90. The predicted molar refractivity (Wildman–Crippen MR) is 92.1 cm³/mol. The van der Waals surface area contributed by atoms with Gasteiger partial charge >= 0.3 is 16.1 Å². The summed E-state index contributed by atoms with van der Waals surface area (Å²) in [6, 6.07) is 10.7. The Kier molecular flexibility index (Phi) is 6.03. The minimum Gasteiger partial charge on any atom is -0.508 e. The number of phenols is 1. The van der Waals surface area contributed by atoms with E-state index in [1.54, 1.807) is 0 Å². The van der Waals surface area contributed by atoms with E-state index in [1.165, 1.54) is 48.5 Å². The maximum Gasteiger partial charge on any atom is 0.339 e. The summed E-state index contributed by atoms with van der Waals surface area (Å²) in [5, 5.41) is 9.21. The molecular weight excluding hydrogens is 344 g/mol. The Bertz CT molecular complexity index is 808. The van der Waals surface area contributed by atoms with E-state index in [1.807, 2.05) is 13.8 Å². The number of benzene rings is 2. The maximum atomic E-state index is 12.1. The van der Waals surface area contributed by atoms with E-state index < -0.39 is 16.1 Å². The molecule has 2 rings (SSSR count). The van der Waals surface area contributed by atoms with Crippen LogP contribution < -0.4 is 4.18 Å². The zero-order valence-corrected chi connectivity index (χ0v) is 14.8. The summed E-state index contributed by atoms with van der Waals surface area (Å²) in [6.45, 7) is 4.41. The Morgan fingerprint density at radius 3 is 2.20 bits per heavy atom. The molecule has 7 heteroatoms. The van der Waals surface area contributed by atoms with Gasteiger partial charge in [0.25, 0.3) is 0 Å². The quantitative estimate of drug-likeness (QED) is 0.598. The van der Waals surface area contributed by atoms with Crippen molar-refractivity contribution in [3.05, 3.63) is 54.1 Å². The lowest BCUT2D eigenvalue weighted by Gasteiger charge is -2.09. The second-order valence-electron chi connectivity index (χ2n) is 5.87. The fourth-order valence-corrected chi connectivity index (χ4v) is 2.83. The van der Waals surface area contributed by atoms with Crippen LogP contribution in [0, 0.1) is 5.92 Å². The average molecular weight is 364 g/mol. The third-order valence-electron chi connectivity index (χ3n) is 3.35. The first-order valence-corrected chi connectivity index (χ1v) is 9.19. The Hall–Kier alpha value is -2.54. The third kappa shape index (κ3) is 5.49. The lowest BCUT2D eigenvalue weighted by atomic mass is 10.1. The van der Waals surface area contributed by atoms with Crippen molar-refractivity contribution in [1.82, 2.24) is 0 Å². The van der Waals surface area contributed by atoms with Crippen LogP contribution in [-0.2, 0) is 14.9 Å². The van der Waals surface area contributed by atoms with Gasteiger partial charge in [-0.1, -0.05) is 13.8 Å². The number of esters is 1. The van der Waals surface area contributed by atoms with E-state index in [-0.39, 0.29) is 16.4 Å². The first kappa shape index (κ1) is 18.8. The molecule has 134 valence electrons. The van der Waals surface area contributed by atoms with Gasteiger partial charge in [-0.05, 0) is 60.9 Å². The molecule has 0 fully saturated rings. The van der Waals surface area contributed by atoms with Crippen LogP contribution >= 0.6 is 0 Å². The third-order valence-corrected chi connectivity index (χ3v) is 4.61. The number of carbonyl (C=O) groups excluding carboxylic acids is 1. The van der Waals surface area contributed by atoms with Crippen LogP contribution in [0.25, 0.3) is 0 Å². The molecular formula is C18H20O6S. The van der Waals surface area contributed by atoms with E-state index in [9.17, 15) is 18.3 Å². The van der Waals surface area contributed by atoms with Gasteiger partial charge in [0.2, 0.25) is 0 Å². The van der Waals surface area contributed by atoms with Crippen LogP contribution in [0.15, 0.2) is 53.4 Å². The molecule has 6 nitrogen and oxygen atoms in total. The predicted octanol–water partition coefficient (Wildman–Crippen LogP) is 3.36. The molecule has 0 saturated carbocycles. The summed E-state index contributed by atoms with van der Waals surface area (Å²) in [5.41, 5.74) is 0.318. The van der Waals surface area contributed by atoms with Crippen LogP contribution in [0.3, 0.4) is 0 Å². The van der Waals surface area contributed by atoms with E-state index in [2.05, 4.69) is 0 Å². The van der Waals surface area contributed by atoms with Crippen LogP contribution in [0.1, 0.15) is 30.6 Å². The molecule has 0 unspecified atom stereocenters. The average Bonchev–Trinajstić information content (AvgIpc) is 2.55. The summed E-state index contributed by atoms with van der Waals surface area (Å²) in [7, 11) is -4.01. The van der Waals surface area contributed by atoms with Crippen molar-refractivity contribution in [2.24, 2.45) is 5.92 Å². The van der Waals surface area contributed by atoms with Crippen LogP contribution in [-0.4, -0.2) is 26.1 Å². The van der Waals surface area contributed by atoms with Crippen molar-refractivity contribution in [1.29, 1.82) is 0 Å². The number of hydrogen-bond acceptors (Lipinski definition) is 6. The molecule has 0 aromatic heterocycles. The molecule has 2 aromatic rings. The second kappa shape index (κ2) is 8.02. The van der Waals surface area contributed by atoms with Gasteiger partial charge in [0.05, 0.1) is 12.2 Å². The van der Waals surface area contributed by atoms with E-state index >= 15 is 0 Å². The molecule has 2 aromatic carbocycles. The number of phenolic OH excluding ortho intramolecular Hbond substituents is 1. The van der Waals surface area contributed by atoms with Gasteiger partial charge in [-0.25, -0.2) is 4.79 Å². The zero-order valence-electron chi connectivity index (χ0n) is 14.0.